The van der Waals surface area contributed by atoms with E-state index in [4.69, 9.17) is 4.74 Å². The molecule has 0 bridgehead atoms. The molecule has 0 aliphatic heterocycles. The zero-order chi connectivity index (χ0) is 13.4. The second-order valence-corrected chi connectivity index (χ2v) is 5.42. The molecule has 3 nitrogen and oxygen atoms in total. The van der Waals surface area contributed by atoms with Crippen molar-refractivity contribution >= 4 is 5.97 Å². The SMILES string of the molecule is C=CCC(COCC)(CC1CCCCC1)C(=O)O. The van der Waals surface area contributed by atoms with Gasteiger partial charge in [0.25, 0.3) is 0 Å². The summed E-state index contributed by atoms with van der Waals surface area (Å²) in [6, 6.07) is 0. The Bertz CT molecular complexity index is 269. The lowest BCUT2D eigenvalue weighted by Crippen LogP contribution is -2.38. The summed E-state index contributed by atoms with van der Waals surface area (Å²) in [6.45, 7) is 6.49. The van der Waals surface area contributed by atoms with Gasteiger partial charge in [0.05, 0.1) is 12.0 Å². The zero-order valence-corrected chi connectivity index (χ0v) is 11.5. The molecule has 1 saturated carbocycles. The van der Waals surface area contributed by atoms with Crippen LogP contribution < -0.4 is 0 Å². The Balaban J connectivity index is 2.71. The van der Waals surface area contributed by atoms with E-state index in [2.05, 4.69) is 6.58 Å². The van der Waals surface area contributed by atoms with E-state index in [1.165, 1.54) is 19.3 Å². The monoisotopic (exact) mass is 254 g/mol. The number of carboxylic acids is 1. The van der Waals surface area contributed by atoms with Crippen LogP contribution in [0.2, 0.25) is 0 Å². The van der Waals surface area contributed by atoms with Crippen LogP contribution in [0.4, 0.5) is 0 Å². The van der Waals surface area contributed by atoms with Crippen molar-refractivity contribution in [1.82, 2.24) is 0 Å². The van der Waals surface area contributed by atoms with E-state index in [-0.39, 0.29) is 0 Å². The van der Waals surface area contributed by atoms with Gasteiger partial charge in [0.2, 0.25) is 0 Å². The van der Waals surface area contributed by atoms with Gasteiger partial charge in [-0.15, -0.1) is 6.58 Å². The van der Waals surface area contributed by atoms with Crippen molar-refractivity contribution in [2.24, 2.45) is 11.3 Å². The number of ether oxygens (including phenoxy) is 1. The highest BCUT2D eigenvalue weighted by atomic mass is 16.5. The van der Waals surface area contributed by atoms with E-state index in [0.29, 0.717) is 25.6 Å². The van der Waals surface area contributed by atoms with Gasteiger partial charge in [0, 0.05) is 6.61 Å². The summed E-state index contributed by atoms with van der Waals surface area (Å²) in [4.78, 5) is 11.7. The van der Waals surface area contributed by atoms with Gasteiger partial charge < -0.3 is 9.84 Å². The van der Waals surface area contributed by atoms with E-state index in [1.54, 1.807) is 6.08 Å². The Morgan fingerprint density at radius 3 is 2.61 bits per heavy atom. The van der Waals surface area contributed by atoms with Crippen molar-refractivity contribution in [3.05, 3.63) is 12.7 Å². The molecule has 18 heavy (non-hydrogen) atoms. The lowest BCUT2D eigenvalue weighted by Gasteiger charge is -2.33. The van der Waals surface area contributed by atoms with Crippen molar-refractivity contribution in [3.8, 4) is 0 Å². The predicted molar refractivity (Wildman–Crippen MR) is 72.6 cm³/mol. The Hall–Kier alpha value is -0.830. The summed E-state index contributed by atoms with van der Waals surface area (Å²) in [7, 11) is 0. The summed E-state index contributed by atoms with van der Waals surface area (Å²) in [5.74, 6) is -0.198. The Morgan fingerprint density at radius 2 is 2.11 bits per heavy atom. The highest BCUT2D eigenvalue weighted by molar-refractivity contribution is 5.75. The van der Waals surface area contributed by atoms with Crippen LogP contribution in [-0.2, 0) is 9.53 Å². The molecule has 0 aromatic carbocycles. The second-order valence-electron chi connectivity index (χ2n) is 5.42. The molecule has 0 amide bonds. The molecule has 0 radical (unpaired) electrons. The highest BCUT2D eigenvalue weighted by Crippen LogP contribution is 2.38. The van der Waals surface area contributed by atoms with Crippen molar-refractivity contribution in [3.63, 3.8) is 0 Å². The summed E-state index contributed by atoms with van der Waals surface area (Å²) < 4.78 is 5.43. The first-order valence-corrected chi connectivity index (χ1v) is 7.06. The minimum Gasteiger partial charge on any atom is -0.481 e. The molecule has 1 aliphatic carbocycles. The van der Waals surface area contributed by atoms with Gasteiger partial charge in [0.1, 0.15) is 0 Å². The highest BCUT2D eigenvalue weighted by Gasteiger charge is 2.40. The van der Waals surface area contributed by atoms with Gasteiger partial charge in [-0.2, -0.15) is 0 Å². The fraction of sp³-hybridized carbons (Fsp3) is 0.800. The van der Waals surface area contributed by atoms with Gasteiger partial charge >= 0.3 is 5.97 Å². The van der Waals surface area contributed by atoms with Gasteiger partial charge in [-0.25, -0.2) is 0 Å². The molecule has 1 atom stereocenters. The number of allylic oxidation sites excluding steroid dienone is 1. The topological polar surface area (TPSA) is 46.5 Å². The van der Waals surface area contributed by atoms with E-state index < -0.39 is 11.4 Å². The van der Waals surface area contributed by atoms with Crippen molar-refractivity contribution in [2.75, 3.05) is 13.2 Å². The maximum Gasteiger partial charge on any atom is 0.312 e. The molecule has 1 N–H and O–H groups in total. The number of hydrogen-bond donors (Lipinski definition) is 1. The minimum absolute atomic E-state index is 0.307. The van der Waals surface area contributed by atoms with Gasteiger partial charge in [-0.3, -0.25) is 4.79 Å². The molecule has 0 aromatic rings. The first kappa shape index (κ1) is 15.2. The summed E-state index contributed by atoms with van der Waals surface area (Å²) in [5, 5.41) is 9.58. The molecule has 1 aliphatic rings. The van der Waals surface area contributed by atoms with Crippen LogP contribution in [0.15, 0.2) is 12.7 Å². The minimum atomic E-state index is -0.764. The second kappa shape index (κ2) is 7.57. The molecule has 104 valence electrons. The standard InChI is InChI=1S/C15H26O3/c1-3-10-15(14(16)17,12-18-4-2)11-13-8-6-5-7-9-13/h3,13H,1,4-12H2,2H3,(H,16,17). The van der Waals surface area contributed by atoms with E-state index in [9.17, 15) is 9.90 Å². The quantitative estimate of drug-likeness (QED) is 0.673. The zero-order valence-electron chi connectivity index (χ0n) is 11.5. The predicted octanol–water partition coefficient (Wildman–Crippen LogP) is 3.64. The maximum atomic E-state index is 11.7. The van der Waals surface area contributed by atoms with Crippen LogP contribution in [0.25, 0.3) is 0 Å². The first-order valence-electron chi connectivity index (χ1n) is 7.06. The average Bonchev–Trinajstić information content (AvgIpc) is 2.37. The van der Waals surface area contributed by atoms with Crippen LogP contribution >= 0.6 is 0 Å². The third-order valence-electron chi connectivity index (χ3n) is 3.98. The van der Waals surface area contributed by atoms with Crippen molar-refractivity contribution in [2.45, 2.75) is 51.9 Å². The smallest absolute Gasteiger partial charge is 0.312 e. The molecule has 1 fully saturated rings. The van der Waals surface area contributed by atoms with E-state index in [0.717, 1.165) is 19.3 Å². The van der Waals surface area contributed by atoms with Crippen LogP contribution in [0, 0.1) is 11.3 Å². The number of carboxylic acid groups (broad SMARTS) is 1. The third kappa shape index (κ3) is 4.13. The summed E-state index contributed by atoms with van der Waals surface area (Å²) >= 11 is 0. The molecule has 0 aromatic heterocycles. The van der Waals surface area contributed by atoms with Crippen LogP contribution in [0.5, 0.6) is 0 Å². The molecule has 1 rings (SSSR count). The molecule has 0 heterocycles. The van der Waals surface area contributed by atoms with Crippen LogP contribution in [0.1, 0.15) is 51.9 Å². The average molecular weight is 254 g/mol. The molecule has 0 saturated heterocycles. The Kier molecular flexibility index (Phi) is 6.41. The normalized spacial score (nSPS) is 20.3. The number of carbonyl (C=O) groups is 1. The summed E-state index contributed by atoms with van der Waals surface area (Å²) in [5.41, 5.74) is -0.764. The first-order chi connectivity index (χ1) is 8.64. The van der Waals surface area contributed by atoms with Gasteiger partial charge in [-0.05, 0) is 25.7 Å². The van der Waals surface area contributed by atoms with Crippen LogP contribution in [-0.4, -0.2) is 24.3 Å². The number of aliphatic carboxylic acids is 1. The lowest BCUT2D eigenvalue weighted by molar-refractivity contribution is -0.154. The lowest BCUT2D eigenvalue weighted by atomic mass is 9.73. The Morgan fingerprint density at radius 1 is 1.44 bits per heavy atom. The third-order valence-corrected chi connectivity index (χ3v) is 3.98. The summed E-state index contributed by atoms with van der Waals surface area (Å²) in [6.07, 6.45) is 9.05. The largest absolute Gasteiger partial charge is 0.481 e. The molecule has 3 heteroatoms. The fourth-order valence-corrected chi connectivity index (χ4v) is 2.96. The van der Waals surface area contributed by atoms with Gasteiger partial charge in [-0.1, -0.05) is 38.2 Å². The number of hydrogen-bond acceptors (Lipinski definition) is 2. The van der Waals surface area contributed by atoms with Crippen molar-refractivity contribution in [1.29, 1.82) is 0 Å². The van der Waals surface area contributed by atoms with E-state index in [1.807, 2.05) is 6.92 Å². The Labute approximate surface area is 110 Å². The van der Waals surface area contributed by atoms with Crippen molar-refractivity contribution < 1.29 is 14.6 Å². The molecular formula is C15H26O3. The molecule has 0 spiro atoms. The fourth-order valence-electron chi connectivity index (χ4n) is 2.96. The molecular weight excluding hydrogens is 228 g/mol. The number of rotatable bonds is 8. The van der Waals surface area contributed by atoms with Gasteiger partial charge in [0.15, 0.2) is 0 Å². The van der Waals surface area contributed by atoms with E-state index >= 15 is 0 Å². The maximum absolute atomic E-state index is 11.7. The molecule has 1 unspecified atom stereocenters. The van der Waals surface area contributed by atoms with Crippen LogP contribution in [0.3, 0.4) is 0 Å².